The molecule has 2 aromatic carbocycles. The molecule has 138 valence electrons. The molecule has 0 radical (unpaired) electrons. The maximum Gasteiger partial charge on any atom is 0.324 e. The number of nitro groups is 1. The zero-order chi connectivity index (χ0) is 19.6. The summed E-state index contributed by atoms with van der Waals surface area (Å²) in [6.45, 7) is 2.33. The fourth-order valence-corrected chi connectivity index (χ4v) is 3.85. The van der Waals surface area contributed by atoms with Crippen LogP contribution in [0.2, 0.25) is 5.02 Å². The second-order valence-electron chi connectivity index (χ2n) is 5.54. The van der Waals surface area contributed by atoms with Gasteiger partial charge < -0.3 is 5.11 Å². The molecule has 0 saturated carbocycles. The van der Waals surface area contributed by atoms with Gasteiger partial charge in [0.2, 0.25) is 0 Å². The van der Waals surface area contributed by atoms with Gasteiger partial charge in [-0.2, -0.15) is 0 Å². The van der Waals surface area contributed by atoms with E-state index in [0.717, 1.165) is 6.07 Å². The lowest BCUT2D eigenvalue weighted by atomic mass is 10.2. The molecule has 0 aliphatic carbocycles. The van der Waals surface area contributed by atoms with E-state index < -0.39 is 27.5 Å². The average molecular weight is 399 g/mol. The van der Waals surface area contributed by atoms with Gasteiger partial charge >= 0.3 is 5.97 Å². The molecule has 0 spiro atoms. The smallest absolute Gasteiger partial charge is 0.324 e. The number of carboxylic acid groups (broad SMARTS) is 1. The van der Waals surface area contributed by atoms with Gasteiger partial charge in [-0.3, -0.25) is 19.2 Å². The maximum absolute atomic E-state index is 12.9. The Bertz CT molecular complexity index is 990. The Balaban J connectivity index is 2.63. The SMILES string of the molecule is Cc1ccc(N(CC(=O)O)S(=O)(=O)c2ccc(C)c([N+](=O)[O-])c2)cc1Cl. The van der Waals surface area contributed by atoms with Crippen molar-refractivity contribution in [3.05, 3.63) is 62.7 Å². The van der Waals surface area contributed by atoms with Crippen molar-refractivity contribution in [3.8, 4) is 0 Å². The molecule has 0 saturated heterocycles. The number of benzene rings is 2. The van der Waals surface area contributed by atoms with Gasteiger partial charge in [-0.05, 0) is 37.6 Å². The molecule has 2 aromatic rings. The number of hydrogen-bond donors (Lipinski definition) is 1. The Morgan fingerprint density at radius 3 is 2.35 bits per heavy atom. The van der Waals surface area contributed by atoms with Crippen LogP contribution in [0.4, 0.5) is 11.4 Å². The minimum Gasteiger partial charge on any atom is -0.480 e. The highest BCUT2D eigenvalue weighted by Gasteiger charge is 2.29. The molecular weight excluding hydrogens is 384 g/mol. The van der Waals surface area contributed by atoms with E-state index in [1.54, 1.807) is 13.0 Å². The number of aliphatic carboxylic acids is 1. The second kappa shape index (κ2) is 7.30. The highest BCUT2D eigenvalue weighted by Crippen LogP contribution is 2.30. The van der Waals surface area contributed by atoms with Gasteiger partial charge in [0.05, 0.1) is 15.5 Å². The first-order chi connectivity index (χ1) is 12.0. The zero-order valence-electron chi connectivity index (χ0n) is 13.8. The summed E-state index contributed by atoms with van der Waals surface area (Å²) < 4.78 is 26.5. The maximum atomic E-state index is 12.9. The van der Waals surface area contributed by atoms with E-state index in [9.17, 15) is 23.3 Å². The Morgan fingerprint density at radius 2 is 1.81 bits per heavy atom. The highest BCUT2D eigenvalue weighted by molar-refractivity contribution is 7.92. The summed E-state index contributed by atoms with van der Waals surface area (Å²) in [4.78, 5) is 21.2. The number of carboxylic acids is 1. The normalized spacial score (nSPS) is 11.2. The van der Waals surface area contributed by atoms with Gasteiger partial charge in [0.25, 0.3) is 15.7 Å². The van der Waals surface area contributed by atoms with Crippen molar-refractivity contribution in [2.24, 2.45) is 0 Å². The molecule has 0 atom stereocenters. The van der Waals surface area contributed by atoms with Crippen molar-refractivity contribution >= 4 is 39.0 Å². The minimum atomic E-state index is -4.36. The summed E-state index contributed by atoms with van der Waals surface area (Å²) in [7, 11) is -4.36. The van der Waals surface area contributed by atoms with Crippen LogP contribution >= 0.6 is 11.6 Å². The van der Waals surface area contributed by atoms with Crippen LogP contribution in [0.3, 0.4) is 0 Å². The molecule has 8 nitrogen and oxygen atoms in total. The number of carbonyl (C=O) groups is 1. The van der Waals surface area contributed by atoms with Crippen LogP contribution < -0.4 is 4.31 Å². The molecule has 0 amide bonds. The van der Waals surface area contributed by atoms with E-state index in [0.29, 0.717) is 9.87 Å². The van der Waals surface area contributed by atoms with E-state index in [1.165, 1.54) is 31.2 Å². The molecule has 0 bridgehead atoms. The van der Waals surface area contributed by atoms with Crippen LogP contribution in [0.5, 0.6) is 0 Å². The molecule has 0 aliphatic rings. The lowest BCUT2D eigenvalue weighted by Crippen LogP contribution is -2.35. The zero-order valence-corrected chi connectivity index (χ0v) is 15.4. The topological polar surface area (TPSA) is 118 Å². The van der Waals surface area contributed by atoms with Crippen LogP contribution in [0.15, 0.2) is 41.3 Å². The van der Waals surface area contributed by atoms with E-state index in [-0.39, 0.29) is 26.9 Å². The number of halogens is 1. The first-order valence-electron chi connectivity index (χ1n) is 7.29. The molecule has 0 heterocycles. The van der Waals surface area contributed by atoms with E-state index >= 15 is 0 Å². The number of anilines is 1. The monoisotopic (exact) mass is 398 g/mol. The average Bonchev–Trinajstić information content (AvgIpc) is 2.55. The van der Waals surface area contributed by atoms with Crippen molar-refractivity contribution in [1.29, 1.82) is 0 Å². The van der Waals surface area contributed by atoms with Crippen molar-refractivity contribution in [2.45, 2.75) is 18.7 Å². The first kappa shape index (κ1) is 19.7. The van der Waals surface area contributed by atoms with Crippen molar-refractivity contribution in [1.82, 2.24) is 0 Å². The van der Waals surface area contributed by atoms with Gasteiger partial charge in [-0.25, -0.2) is 8.42 Å². The molecule has 0 aromatic heterocycles. The molecule has 1 N–H and O–H groups in total. The van der Waals surface area contributed by atoms with Gasteiger partial charge in [0.1, 0.15) is 6.54 Å². The van der Waals surface area contributed by atoms with Crippen molar-refractivity contribution < 1.29 is 23.2 Å². The molecule has 0 unspecified atom stereocenters. The predicted molar refractivity (Wildman–Crippen MR) is 96.2 cm³/mol. The summed E-state index contributed by atoms with van der Waals surface area (Å²) in [6, 6.07) is 7.72. The number of rotatable bonds is 6. The number of aryl methyl sites for hydroxylation is 2. The van der Waals surface area contributed by atoms with Crippen LogP contribution in [-0.4, -0.2) is 31.0 Å². The van der Waals surface area contributed by atoms with Gasteiger partial charge in [0.15, 0.2) is 0 Å². The third kappa shape index (κ3) is 3.94. The Morgan fingerprint density at radius 1 is 1.19 bits per heavy atom. The molecule has 26 heavy (non-hydrogen) atoms. The summed E-state index contributed by atoms with van der Waals surface area (Å²) in [5.41, 5.74) is 0.653. The summed E-state index contributed by atoms with van der Waals surface area (Å²) in [5, 5.41) is 20.5. The molecular formula is C16H15ClN2O6S. The van der Waals surface area contributed by atoms with Crippen LogP contribution in [-0.2, 0) is 14.8 Å². The van der Waals surface area contributed by atoms with Crippen LogP contribution in [0.25, 0.3) is 0 Å². The highest BCUT2D eigenvalue weighted by atomic mass is 35.5. The Hall–Kier alpha value is -2.65. The van der Waals surface area contributed by atoms with Crippen molar-refractivity contribution in [3.63, 3.8) is 0 Å². The van der Waals surface area contributed by atoms with E-state index in [1.807, 2.05) is 0 Å². The lowest BCUT2D eigenvalue weighted by Gasteiger charge is -2.23. The third-order valence-corrected chi connectivity index (χ3v) is 5.86. The fraction of sp³-hybridized carbons (Fsp3) is 0.188. The molecule has 0 aliphatic heterocycles. The van der Waals surface area contributed by atoms with Crippen LogP contribution in [0.1, 0.15) is 11.1 Å². The first-order valence-corrected chi connectivity index (χ1v) is 9.11. The number of hydrogen-bond acceptors (Lipinski definition) is 5. The van der Waals surface area contributed by atoms with E-state index in [2.05, 4.69) is 0 Å². The number of nitrogens with zero attached hydrogens (tertiary/aromatic N) is 2. The van der Waals surface area contributed by atoms with Gasteiger partial charge in [0, 0.05) is 16.7 Å². The summed E-state index contributed by atoms with van der Waals surface area (Å²) in [6.07, 6.45) is 0. The Labute approximate surface area is 154 Å². The van der Waals surface area contributed by atoms with Gasteiger partial charge in [-0.15, -0.1) is 0 Å². The standard InChI is InChI=1S/C16H15ClN2O6S/c1-10-3-5-12(7-14(10)17)18(9-16(20)21)26(24,25)13-6-4-11(2)15(8-13)19(22)23/h3-8H,9H2,1-2H3,(H,20,21). The van der Waals surface area contributed by atoms with E-state index in [4.69, 9.17) is 16.7 Å². The number of sulfonamides is 1. The number of nitro benzene ring substituents is 1. The largest absolute Gasteiger partial charge is 0.480 e. The lowest BCUT2D eigenvalue weighted by molar-refractivity contribution is -0.385. The minimum absolute atomic E-state index is 0.0474. The second-order valence-corrected chi connectivity index (χ2v) is 7.81. The van der Waals surface area contributed by atoms with Crippen molar-refractivity contribution in [2.75, 3.05) is 10.8 Å². The molecule has 0 fully saturated rings. The van der Waals surface area contributed by atoms with Crippen LogP contribution in [0, 0.1) is 24.0 Å². The third-order valence-electron chi connectivity index (χ3n) is 3.69. The van der Waals surface area contributed by atoms with Gasteiger partial charge in [-0.1, -0.05) is 23.7 Å². The summed E-state index contributed by atoms with van der Waals surface area (Å²) in [5.74, 6) is -1.38. The fourth-order valence-electron chi connectivity index (χ4n) is 2.25. The molecule has 10 heteroatoms. The summed E-state index contributed by atoms with van der Waals surface area (Å²) >= 11 is 6.02. The Kier molecular flexibility index (Phi) is 5.53. The molecule has 2 rings (SSSR count). The predicted octanol–water partition coefficient (Wildman–Crippen LogP) is 3.14. The quantitative estimate of drug-likeness (QED) is 0.589.